The molecule has 0 aliphatic heterocycles. The van der Waals surface area contributed by atoms with Crippen LogP contribution in [0.3, 0.4) is 0 Å². The summed E-state index contributed by atoms with van der Waals surface area (Å²) in [5, 5.41) is 24.3. The van der Waals surface area contributed by atoms with Crippen LogP contribution >= 0.6 is 11.8 Å². The van der Waals surface area contributed by atoms with Gasteiger partial charge in [-0.1, -0.05) is 34.1 Å². The van der Waals surface area contributed by atoms with E-state index < -0.39 is 47.8 Å². The van der Waals surface area contributed by atoms with Crippen molar-refractivity contribution < 1.29 is 34.2 Å². The molecule has 11 nitrogen and oxygen atoms in total. The number of amides is 3. The largest absolute Gasteiger partial charge is 0.481 e. The van der Waals surface area contributed by atoms with Crippen molar-refractivity contribution in [3.05, 3.63) is 0 Å². The number of nitrogens with two attached hydrogens (primary N) is 1. The molecule has 4 atom stereocenters. The summed E-state index contributed by atoms with van der Waals surface area (Å²) in [6.45, 7) is 8.33. The number of carbonyl (C=O) groups is 5. The Morgan fingerprint density at radius 2 is 1.52 bits per heavy atom. The minimum absolute atomic E-state index is 0.0215. The first-order chi connectivity index (χ1) is 15.3. The Morgan fingerprint density at radius 3 is 1.94 bits per heavy atom. The summed E-state index contributed by atoms with van der Waals surface area (Å²) in [5.41, 5.74) is 5.83. The number of rotatable bonds is 14. The monoisotopic (exact) mass is 492 g/mol. The van der Waals surface area contributed by atoms with E-state index >= 15 is 0 Å². The van der Waals surface area contributed by atoms with Crippen molar-refractivity contribution in [3.8, 4) is 0 Å². The Labute approximate surface area is 200 Å². The standard InChI is InChI=1S/C19H36N4O5S.C2H4O2/c1-6-12(4)16(20)18(26)21-10-15(24)22-14(9-11(2)3)17(25)23-13(19(27)28)7-8-29-5;1-2(3)4/h11-14,16H,6-10,20H2,1-5H3,(H,21,26)(H,22,24)(H,23,25)(H,27,28);1H3,(H,3,4)/t12-,13-,14-,16-;/m0./s1. The van der Waals surface area contributed by atoms with Crippen molar-refractivity contribution in [1.82, 2.24) is 16.0 Å². The first-order valence-corrected chi connectivity index (χ1v) is 12.2. The van der Waals surface area contributed by atoms with Crippen molar-refractivity contribution in [1.29, 1.82) is 0 Å². The molecule has 0 heterocycles. The lowest BCUT2D eigenvalue weighted by atomic mass is 9.99. The Bertz CT molecular complexity index is 642. The molecule has 0 aromatic rings. The minimum Gasteiger partial charge on any atom is -0.481 e. The lowest BCUT2D eigenvalue weighted by molar-refractivity contribution is -0.142. The molecule has 0 fully saturated rings. The molecule has 0 aliphatic rings. The summed E-state index contributed by atoms with van der Waals surface area (Å²) in [5.74, 6) is -2.81. The normalized spacial score (nSPS) is 14.1. The predicted octanol–water partition coefficient (Wildman–Crippen LogP) is 0.420. The van der Waals surface area contributed by atoms with E-state index in [1.54, 1.807) is 0 Å². The number of carbonyl (C=O) groups excluding carboxylic acids is 3. The maximum Gasteiger partial charge on any atom is 0.326 e. The number of thioether (sulfide) groups is 1. The zero-order valence-corrected chi connectivity index (χ0v) is 21.2. The summed E-state index contributed by atoms with van der Waals surface area (Å²) >= 11 is 1.48. The van der Waals surface area contributed by atoms with Crippen molar-refractivity contribution >= 4 is 41.4 Å². The second kappa shape index (κ2) is 18.1. The molecule has 0 aromatic heterocycles. The van der Waals surface area contributed by atoms with Gasteiger partial charge in [0, 0.05) is 6.92 Å². The third-order valence-electron chi connectivity index (χ3n) is 4.57. The van der Waals surface area contributed by atoms with Crippen LogP contribution in [-0.4, -0.2) is 76.6 Å². The van der Waals surface area contributed by atoms with Gasteiger partial charge in [0.1, 0.15) is 12.1 Å². The number of hydrogen-bond acceptors (Lipinski definition) is 7. The third kappa shape index (κ3) is 16.9. The SMILES string of the molecule is CC(=O)O.CC[C@H](C)[C@H](N)C(=O)NCC(=O)N[C@@H](CC(C)C)C(=O)N[C@@H](CCSC)C(=O)O. The van der Waals surface area contributed by atoms with Gasteiger partial charge in [0.15, 0.2) is 0 Å². The van der Waals surface area contributed by atoms with Gasteiger partial charge in [-0.2, -0.15) is 11.8 Å². The van der Waals surface area contributed by atoms with Gasteiger partial charge in [-0.25, -0.2) is 4.79 Å². The number of hydrogen-bond donors (Lipinski definition) is 6. The zero-order chi connectivity index (χ0) is 26.1. The highest BCUT2D eigenvalue weighted by atomic mass is 32.2. The van der Waals surface area contributed by atoms with Crippen LogP contribution in [0.4, 0.5) is 0 Å². The lowest BCUT2D eigenvalue weighted by Crippen LogP contribution is -2.54. The topological polar surface area (TPSA) is 188 Å². The Hall–Kier alpha value is -2.34. The van der Waals surface area contributed by atoms with E-state index in [-0.39, 0.29) is 24.8 Å². The Balaban J connectivity index is 0. The highest BCUT2D eigenvalue weighted by Gasteiger charge is 2.27. The second-order valence-electron chi connectivity index (χ2n) is 8.08. The molecule has 0 aromatic carbocycles. The fourth-order valence-corrected chi connectivity index (χ4v) is 2.98. The van der Waals surface area contributed by atoms with E-state index in [0.29, 0.717) is 12.2 Å². The summed E-state index contributed by atoms with van der Waals surface area (Å²) in [7, 11) is 0. The van der Waals surface area contributed by atoms with Gasteiger partial charge in [-0.3, -0.25) is 19.2 Å². The van der Waals surface area contributed by atoms with Crippen LogP contribution in [-0.2, 0) is 24.0 Å². The molecule has 0 rings (SSSR count). The summed E-state index contributed by atoms with van der Waals surface area (Å²) in [6, 6.07) is -2.62. The molecule has 0 saturated heterocycles. The number of nitrogens with one attached hydrogen (secondary N) is 3. The smallest absolute Gasteiger partial charge is 0.326 e. The molecule has 0 saturated carbocycles. The molecule has 12 heteroatoms. The minimum atomic E-state index is -1.12. The van der Waals surface area contributed by atoms with E-state index in [1.807, 2.05) is 34.0 Å². The molecule has 0 aliphatic carbocycles. The summed E-state index contributed by atoms with van der Waals surface area (Å²) in [4.78, 5) is 57.2. The molecule has 0 bridgehead atoms. The molecule has 192 valence electrons. The van der Waals surface area contributed by atoms with Crippen LogP contribution in [0, 0.1) is 11.8 Å². The first kappa shape index (κ1) is 32.8. The number of carboxylic acid groups (broad SMARTS) is 2. The average molecular weight is 493 g/mol. The van der Waals surface area contributed by atoms with Crippen LogP contribution in [0.1, 0.15) is 53.9 Å². The average Bonchev–Trinajstić information content (AvgIpc) is 2.72. The van der Waals surface area contributed by atoms with Crippen LogP contribution in [0.25, 0.3) is 0 Å². The number of carboxylic acids is 2. The molecule has 0 unspecified atom stereocenters. The van der Waals surface area contributed by atoms with E-state index in [1.165, 1.54) is 11.8 Å². The van der Waals surface area contributed by atoms with Crippen LogP contribution in [0.2, 0.25) is 0 Å². The third-order valence-corrected chi connectivity index (χ3v) is 5.21. The van der Waals surface area contributed by atoms with Crippen molar-refractivity contribution in [2.45, 2.75) is 72.0 Å². The molecular formula is C21H40N4O7S. The highest BCUT2D eigenvalue weighted by molar-refractivity contribution is 7.98. The fourth-order valence-electron chi connectivity index (χ4n) is 2.51. The molecule has 33 heavy (non-hydrogen) atoms. The summed E-state index contributed by atoms with van der Waals surface area (Å²) < 4.78 is 0. The fraction of sp³-hybridized carbons (Fsp3) is 0.762. The van der Waals surface area contributed by atoms with Crippen molar-refractivity contribution in [2.75, 3.05) is 18.6 Å². The van der Waals surface area contributed by atoms with E-state index in [2.05, 4.69) is 16.0 Å². The molecule has 7 N–H and O–H groups in total. The van der Waals surface area contributed by atoms with Crippen molar-refractivity contribution in [3.63, 3.8) is 0 Å². The van der Waals surface area contributed by atoms with Crippen LogP contribution < -0.4 is 21.7 Å². The van der Waals surface area contributed by atoms with E-state index in [4.69, 9.17) is 15.6 Å². The van der Waals surface area contributed by atoms with Gasteiger partial charge >= 0.3 is 5.97 Å². The Morgan fingerprint density at radius 1 is 0.970 bits per heavy atom. The van der Waals surface area contributed by atoms with Gasteiger partial charge in [-0.05, 0) is 36.7 Å². The van der Waals surface area contributed by atoms with Gasteiger partial charge in [-0.15, -0.1) is 0 Å². The molecule has 0 spiro atoms. The van der Waals surface area contributed by atoms with Gasteiger partial charge < -0.3 is 31.9 Å². The lowest BCUT2D eigenvalue weighted by Gasteiger charge is -2.23. The van der Waals surface area contributed by atoms with Gasteiger partial charge in [0.2, 0.25) is 17.7 Å². The second-order valence-corrected chi connectivity index (χ2v) is 9.06. The van der Waals surface area contributed by atoms with E-state index in [0.717, 1.165) is 13.3 Å². The van der Waals surface area contributed by atoms with Crippen LogP contribution in [0.15, 0.2) is 0 Å². The van der Waals surface area contributed by atoms with Gasteiger partial charge in [0.05, 0.1) is 12.6 Å². The maximum atomic E-state index is 12.6. The molecular weight excluding hydrogens is 452 g/mol. The van der Waals surface area contributed by atoms with Crippen molar-refractivity contribution in [2.24, 2.45) is 17.6 Å². The molecule has 3 amide bonds. The Kier molecular flexibility index (Phi) is 18.0. The highest BCUT2D eigenvalue weighted by Crippen LogP contribution is 2.08. The molecule has 0 radical (unpaired) electrons. The maximum absolute atomic E-state index is 12.6. The zero-order valence-electron chi connectivity index (χ0n) is 20.3. The predicted molar refractivity (Wildman–Crippen MR) is 128 cm³/mol. The number of aliphatic carboxylic acids is 2. The van der Waals surface area contributed by atoms with E-state index in [9.17, 15) is 24.3 Å². The first-order valence-electron chi connectivity index (χ1n) is 10.8. The van der Waals surface area contributed by atoms with Crippen LogP contribution in [0.5, 0.6) is 0 Å². The summed E-state index contributed by atoms with van der Waals surface area (Å²) in [6.07, 6.45) is 3.21. The van der Waals surface area contributed by atoms with Gasteiger partial charge in [0.25, 0.3) is 5.97 Å². The quantitative estimate of drug-likeness (QED) is 0.200.